The van der Waals surface area contributed by atoms with Crippen molar-refractivity contribution in [2.75, 3.05) is 26.3 Å². The van der Waals surface area contributed by atoms with Gasteiger partial charge in [0, 0.05) is 44.3 Å². The Morgan fingerprint density at radius 3 is 3.08 bits per heavy atom. The largest absolute Gasteiger partial charge is 0.473 e. The molecule has 24 heavy (non-hydrogen) atoms. The lowest BCUT2D eigenvalue weighted by Gasteiger charge is -2.23. The number of aromatic nitrogens is 5. The van der Waals surface area contributed by atoms with Crippen molar-refractivity contribution in [3.8, 4) is 17.1 Å². The SMILES string of the molecule is Cn1cc(-c2cc3nccnc3c(OC[C@H]3CNCCO3)n2)cn1. The van der Waals surface area contributed by atoms with E-state index in [-0.39, 0.29) is 6.10 Å². The van der Waals surface area contributed by atoms with Crippen LogP contribution in [0.2, 0.25) is 0 Å². The van der Waals surface area contributed by atoms with Gasteiger partial charge in [0.25, 0.3) is 0 Å². The van der Waals surface area contributed by atoms with Gasteiger partial charge in [0.15, 0.2) is 5.52 Å². The fourth-order valence-electron chi connectivity index (χ4n) is 2.64. The molecule has 8 nitrogen and oxygen atoms in total. The van der Waals surface area contributed by atoms with E-state index in [9.17, 15) is 0 Å². The van der Waals surface area contributed by atoms with Gasteiger partial charge in [0.1, 0.15) is 12.7 Å². The van der Waals surface area contributed by atoms with E-state index in [1.54, 1.807) is 23.3 Å². The Morgan fingerprint density at radius 2 is 2.29 bits per heavy atom. The summed E-state index contributed by atoms with van der Waals surface area (Å²) in [5.74, 6) is 0.466. The molecule has 0 amide bonds. The molecule has 3 aromatic heterocycles. The van der Waals surface area contributed by atoms with Crippen molar-refractivity contribution in [1.29, 1.82) is 0 Å². The number of fused-ring (bicyclic) bond motifs is 1. The van der Waals surface area contributed by atoms with Crippen LogP contribution in [-0.2, 0) is 11.8 Å². The lowest BCUT2D eigenvalue weighted by molar-refractivity contribution is -0.000407. The maximum Gasteiger partial charge on any atom is 0.242 e. The van der Waals surface area contributed by atoms with Gasteiger partial charge in [-0.3, -0.25) is 9.67 Å². The molecule has 3 aromatic rings. The molecule has 4 heterocycles. The number of morpholine rings is 1. The van der Waals surface area contributed by atoms with Gasteiger partial charge in [0.2, 0.25) is 5.88 Å². The van der Waals surface area contributed by atoms with Crippen LogP contribution in [0.3, 0.4) is 0 Å². The van der Waals surface area contributed by atoms with Gasteiger partial charge in [-0.25, -0.2) is 9.97 Å². The Bertz CT molecular complexity index is 843. The maximum atomic E-state index is 5.92. The molecule has 0 bridgehead atoms. The zero-order valence-corrected chi connectivity index (χ0v) is 13.3. The Labute approximate surface area is 138 Å². The van der Waals surface area contributed by atoms with Crippen molar-refractivity contribution in [3.63, 3.8) is 0 Å². The summed E-state index contributed by atoms with van der Waals surface area (Å²) in [7, 11) is 1.87. The van der Waals surface area contributed by atoms with Gasteiger partial charge in [-0.1, -0.05) is 0 Å². The third-order valence-electron chi connectivity index (χ3n) is 3.84. The van der Waals surface area contributed by atoms with Crippen molar-refractivity contribution in [2.45, 2.75) is 6.10 Å². The molecule has 0 aromatic carbocycles. The third-order valence-corrected chi connectivity index (χ3v) is 3.84. The molecule has 4 rings (SSSR count). The van der Waals surface area contributed by atoms with Gasteiger partial charge in [-0.05, 0) is 6.07 Å². The second kappa shape index (κ2) is 6.50. The summed E-state index contributed by atoms with van der Waals surface area (Å²) in [6, 6.07) is 1.89. The Hall–Kier alpha value is -2.58. The molecule has 1 fully saturated rings. The molecule has 1 atom stereocenters. The second-order valence-corrected chi connectivity index (χ2v) is 5.65. The zero-order valence-electron chi connectivity index (χ0n) is 13.3. The normalized spacial score (nSPS) is 18.0. The van der Waals surface area contributed by atoms with E-state index < -0.39 is 0 Å². The fourth-order valence-corrected chi connectivity index (χ4v) is 2.64. The van der Waals surface area contributed by atoms with Crippen LogP contribution in [0.4, 0.5) is 0 Å². The number of hydrogen-bond donors (Lipinski definition) is 1. The second-order valence-electron chi connectivity index (χ2n) is 5.65. The summed E-state index contributed by atoms with van der Waals surface area (Å²) in [5, 5.41) is 7.48. The first-order valence-corrected chi connectivity index (χ1v) is 7.85. The van der Waals surface area contributed by atoms with E-state index in [1.807, 2.05) is 19.3 Å². The molecule has 0 saturated carbocycles. The van der Waals surface area contributed by atoms with Gasteiger partial charge in [0.05, 0.1) is 24.0 Å². The van der Waals surface area contributed by atoms with E-state index >= 15 is 0 Å². The first-order valence-electron chi connectivity index (χ1n) is 7.85. The highest BCUT2D eigenvalue weighted by Gasteiger charge is 2.17. The van der Waals surface area contributed by atoms with Crippen LogP contribution in [0, 0.1) is 0 Å². The summed E-state index contributed by atoms with van der Waals surface area (Å²) in [4.78, 5) is 13.3. The molecule has 1 aliphatic heterocycles. The predicted octanol–water partition coefficient (Wildman–Crippen LogP) is 0.792. The van der Waals surface area contributed by atoms with Crippen molar-refractivity contribution in [2.24, 2.45) is 7.05 Å². The number of rotatable bonds is 4. The molecule has 1 aliphatic rings. The van der Waals surface area contributed by atoms with Crippen LogP contribution in [0.25, 0.3) is 22.3 Å². The third kappa shape index (κ3) is 3.06. The topological polar surface area (TPSA) is 87.0 Å². The molecule has 0 radical (unpaired) electrons. The van der Waals surface area contributed by atoms with Crippen LogP contribution >= 0.6 is 0 Å². The average Bonchev–Trinajstić information content (AvgIpc) is 3.07. The number of aryl methyl sites for hydroxylation is 1. The smallest absolute Gasteiger partial charge is 0.242 e. The molecule has 124 valence electrons. The summed E-state index contributed by atoms with van der Waals surface area (Å²) >= 11 is 0. The molecule has 0 aliphatic carbocycles. The minimum atomic E-state index is 0.00863. The lowest BCUT2D eigenvalue weighted by Crippen LogP contribution is -2.41. The van der Waals surface area contributed by atoms with Crippen molar-refractivity contribution >= 4 is 11.0 Å². The minimum Gasteiger partial charge on any atom is -0.473 e. The van der Waals surface area contributed by atoms with Crippen LogP contribution in [-0.4, -0.2) is 57.1 Å². The Morgan fingerprint density at radius 1 is 1.38 bits per heavy atom. The zero-order chi connectivity index (χ0) is 16.4. The molecular formula is C16H18N6O2. The summed E-state index contributed by atoms with van der Waals surface area (Å²) in [6.45, 7) is 2.76. The van der Waals surface area contributed by atoms with Crippen molar-refractivity contribution < 1.29 is 9.47 Å². The number of pyridine rings is 1. The highest BCUT2D eigenvalue weighted by molar-refractivity contribution is 5.83. The molecule has 1 N–H and O–H groups in total. The number of hydrogen-bond acceptors (Lipinski definition) is 7. The molecule has 1 saturated heterocycles. The molecule has 0 spiro atoms. The highest BCUT2D eigenvalue weighted by atomic mass is 16.5. The molecule has 8 heteroatoms. The first kappa shape index (κ1) is 15.0. The minimum absolute atomic E-state index is 0.00863. The summed E-state index contributed by atoms with van der Waals surface area (Å²) < 4.78 is 13.3. The predicted molar refractivity (Wildman–Crippen MR) is 87.6 cm³/mol. The van der Waals surface area contributed by atoms with E-state index in [1.165, 1.54) is 0 Å². The van der Waals surface area contributed by atoms with E-state index in [2.05, 4.69) is 25.4 Å². The van der Waals surface area contributed by atoms with Gasteiger partial charge >= 0.3 is 0 Å². The van der Waals surface area contributed by atoms with E-state index in [4.69, 9.17) is 9.47 Å². The summed E-state index contributed by atoms with van der Waals surface area (Å²) in [6.07, 6.45) is 6.98. The lowest BCUT2D eigenvalue weighted by atomic mass is 10.2. The first-order chi connectivity index (χ1) is 11.8. The van der Waals surface area contributed by atoms with Crippen molar-refractivity contribution in [1.82, 2.24) is 30.0 Å². The van der Waals surface area contributed by atoms with Gasteiger partial charge < -0.3 is 14.8 Å². The fraction of sp³-hybridized carbons (Fsp3) is 0.375. The van der Waals surface area contributed by atoms with E-state index in [0.29, 0.717) is 24.6 Å². The van der Waals surface area contributed by atoms with E-state index in [0.717, 1.165) is 29.9 Å². The average molecular weight is 326 g/mol. The van der Waals surface area contributed by atoms with Gasteiger partial charge in [-0.15, -0.1) is 0 Å². The molecule has 0 unspecified atom stereocenters. The molecular weight excluding hydrogens is 308 g/mol. The number of ether oxygens (including phenoxy) is 2. The quantitative estimate of drug-likeness (QED) is 0.758. The van der Waals surface area contributed by atoms with Crippen molar-refractivity contribution in [3.05, 3.63) is 30.9 Å². The maximum absolute atomic E-state index is 5.92. The van der Waals surface area contributed by atoms with Crippen LogP contribution < -0.4 is 10.1 Å². The monoisotopic (exact) mass is 326 g/mol. The number of nitrogens with one attached hydrogen (secondary N) is 1. The van der Waals surface area contributed by atoms with Crippen LogP contribution in [0.5, 0.6) is 5.88 Å². The van der Waals surface area contributed by atoms with Crippen LogP contribution in [0.1, 0.15) is 0 Å². The Balaban J connectivity index is 1.66. The number of nitrogens with zero attached hydrogens (tertiary/aromatic N) is 5. The standard InChI is InChI=1S/C16H18N6O2/c1-22-9-11(7-20-22)13-6-14-15(19-3-2-18-14)16(21-13)24-10-12-8-17-4-5-23-12/h2-3,6-7,9,12,17H,4-5,8,10H2,1H3/t12-/m1/s1. The van der Waals surface area contributed by atoms with Crippen LogP contribution in [0.15, 0.2) is 30.9 Å². The highest BCUT2D eigenvalue weighted by Crippen LogP contribution is 2.26. The Kier molecular flexibility index (Phi) is 4.06. The van der Waals surface area contributed by atoms with Gasteiger partial charge in [-0.2, -0.15) is 5.10 Å². The summed E-state index contributed by atoms with van der Waals surface area (Å²) in [5.41, 5.74) is 3.05.